The Kier molecular flexibility index (Phi) is 6.19. The van der Waals surface area contributed by atoms with Crippen LogP contribution in [0.2, 0.25) is 0 Å². The molecule has 0 saturated heterocycles. The van der Waals surface area contributed by atoms with Crippen molar-refractivity contribution in [1.29, 1.82) is 0 Å². The third-order valence-electron chi connectivity index (χ3n) is 5.54. The molecule has 0 saturated carbocycles. The van der Waals surface area contributed by atoms with Crippen molar-refractivity contribution in [3.05, 3.63) is 65.2 Å². The van der Waals surface area contributed by atoms with E-state index in [-0.39, 0.29) is 0 Å². The van der Waals surface area contributed by atoms with Crippen molar-refractivity contribution in [3.63, 3.8) is 0 Å². The van der Waals surface area contributed by atoms with Crippen LogP contribution >= 0.6 is 0 Å². The summed E-state index contributed by atoms with van der Waals surface area (Å²) in [6, 6.07) is 13.2. The van der Waals surface area contributed by atoms with Gasteiger partial charge in [0.15, 0.2) is 5.82 Å². The fourth-order valence-corrected chi connectivity index (χ4v) is 3.85. The summed E-state index contributed by atoms with van der Waals surface area (Å²) in [4.78, 5) is 2.17. The van der Waals surface area contributed by atoms with Gasteiger partial charge in [0, 0.05) is 23.6 Å². The minimum absolute atomic E-state index is 0.367. The minimum Gasteiger partial charge on any atom is -0.494 e. The summed E-state index contributed by atoms with van der Waals surface area (Å²) in [5.41, 5.74) is 5.56. The number of benzene rings is 2. The monoisotopic (exact) mass is 433 g/mol. The van der Waals surface area contributed by atoms with E-state index in [2.05, 4.69) is 53.5 Å². The molecule has 0 N–H and O–H groups in total. The van der Waals surface area contributed by atoms with Crippen molar-refractivity contribution < 1.29 is 9.13 Å². The molecule has 0 aliphatic carbocycles. The topological polar surface area (TPSA) is 56.1 Å². The van der Waals surface area contributed by atoms with Gasteiger partial charge in [-0.1, -0.05) is 24.3 Å². The number of aromatic nitrogens is 4. The predicted octanol–water partition coefficient (Wildman–Crippen LogP) is 4.74. The van der Waals surface area contributed by atoms with Crippen LogP contribution in [0.15, 0.2) is 42.5 Å². The number of rotatable bonds is 7. The number of likely N-dealkylation sites (N-methyl/N-ethyl adjacent to an activating group) is 1. The van der Waals surface area contributed by atoms with Gasteiger partial charge in [-0.05, 0) is 59.0 Å². The van der Waals surface area contributed by atoms with Crippen molar-refractivity contribution in [3.8, 4) is 22.7 Å². The van der Waals surface area contributed by atoms with Gasteiger partial charge in [-0.15, -0.1) is 5.10 Å². The molecule has 0 radical (unpaired) electrons. The van der Waals surface area contributed by atoms with Gasteiger partial charge in [0.1, 0.15) is 22.6 Å². The van der Waals surface area contributed by atoms with Gasteiger partial charge < -0.3 is 9.64 Å². The van der Waals surface area contributed by atoms with Crippen molar-refractivity contribution in [2.75, 3.05) is 27.2 Å². The second-order valence-electron chi connectivity index (χ2n) is 8.15. The highest BCUT2D eigenvalue weighted by atomic mass is 19.1. The lowest BCUT2D eigenvalue weighted by atomic mass is 10.0. The van der Waals surface area contributed by atoms with E-state index in [4.69, 9.17) is 9.84 Å². The van der Waals surface area contributed by atoms with Gasteiger partial charge in [-0.25, -0.2) is 9.07 Å². The third-order valence-corrected chi connectivity index (χ3v) is 5.54. The van der Waals surface area contributed by atoms with Crippen LogP contribution in [0.4, 0.5) is 4.39 Å². The summed E-state index contributed by atoms with van der Waals surface area (Å²) in [5.74, 6) is 0.106. The Morgan fingerprint density at radius 3 is 2.44 bits per heavy atom. The number of ether oxygens (including phenoxy) is 1. The molecule has 7 heteroatoms. The lowest BCUT2D eigenvalue weighted by molar-refractivity contribution is 0.338. The Balaban J connectivity index is 1.78. The molecule has 32 heavy (non-hydrogen) atoms. The zero-order valence-electron chi connectivity index (χ0n) is 19.2. The third kappa shape index (κ3) is 4.21. The van der Waals surface area contributed by atoms with Gasteiger partial charge >= 0.3 is 0 Å². The van der Waals surface area contributed by atoms with Crippen molar-refractivity contribution in [2.24, 2.45) is 0 Å². The normalized spacial score (nSPS) is 11.5. The average Bonchev–Trinajstić information content (AvgIpc) is 3.11. The first-order valence-corrected chi connectivity index (χ1v) is 10.8. The van der Waals surface area contributed by atoms with E-state index in [1.165, 1.54) is 11.6 Å². The first-order chi connectivity index (χ1) is 15.4. The van der Waals surface area contributed by atoms with Gasteiger partial charge in [0.25, 0.3) is 0 Å². The maximum absolute atomic E-state index is 14.9. The largest absolute Gasteiger partial charge is 0.494 e. The number of halogens is 1. The number of fused-ring (bicyclic) bond motifs is 1. The Hall–Kier alpha value is -3.32. The first kappa shape index (κ1) is 21.9. The van der Waals surface area contributed by atoms with Crippen LogP contribution < -0.4 is 4.74 Å². The molecule has 166 valence electrons. The van der Waals surface area contributed by atoms with Crippen molar-refractivity contribution in [2.45, 2.75) is 27.2 Å². The fraction of sp³-hybridized carbons (Fsp3) is 0.320. The highest BCUT2D eigenvalue weighted by Gasteiger charge is 2.19. The Bertz CT molecular complexity index is 1250. The molecular weight excluding hydrogens is 405 g/mol. The van der Waals surface area contributed by atoms with Gasteiger partial charge in [-0.2, -0.15) is 10.2 Å². The molecule has 0 aliphatic rings. The Morgan fingerprint density at radius 1 is 1.03 bits per heavy atom. The smallest absolute Gasteiger partial charge is 0.152 e. The van der Waals surface area contributed by atoms with E-state index in [0.29, 0.717) is 29.3 Å². The van der Waals surface area contributed by atoms with Crippen LogP contribution in [0.1, 0.15) is 23.9 Å². The molecule has 0 fully saturated rings. The molecule has 0 spiro atoms. The van der Waals surface area contributed by atoms with Crippen LogP contribution in [-0.4, -0.2) is 52.1 Å². The van der Waals surface area contributed by atoms with E-state index >= 15 is 0 Å². The molecule has 2 aromatic carbocycles. The lowest BCUT2D eigenvalue weighted by Gasteiger charge is -2.09. The summed E-state index contributed by atoms with van der Waals surface area (Å²) in [7, 11) is 4.14. The van der Waals surface area contributed by atoms with Crippen LogP contribution in [0.25, 0.3) is 27.8 Å². The van der Waals surface area contributed by atoms with E-state index in [1.54, 1.807) is 16.8 Å². The molecule has 0 amide bonds. The summed E-state index contributed by atoms with van der Waals surface area (Å²) in [6.45, 7) is 7.17. The molecule has 0 bridgehead atoms. The maximum Gasteiger partial charge on any atom is 0.152 e. The average molecular weight is 434 g/mol. The second-order valence-corrected chi connectivity index (χ2v) is 8.15. The predicted molar refractivity (Wildman–Crippen MR) is 125 cm³/mol. The van der Waals surface area contributed by atoms with Crippen LogP contribution in [0, 0.1) is 19.7 Å². The minimum atomic E-state index is -0.391. The van der Waals surface area contributed by atoms with Crippen LogP contribution in [0.5, 0.6) is 5.75 Å². The summed E-state index contributed by atoms with van der Waals surface area (Å²) >= 11 is 0. The Morgan fingerprint density at radius 2 is 1.78 bits per heavy atom. The molecule has 2 aromatic heterocycles. The van der Waals surface area contributed by atoms with Crippen LogP contribution in [0.3, 0.4) is 0 Å². The summed E-state index contributed by atoms with van der Waals surface area (Å²) < 4.78 is 21.9. The quantitative estimate of drug-likeness (QED) is 0.421. The van der Waals surface area contributed by atoms with Gasteiger partial charge in [0.05, 0.1) is 18.0 Å². The molecular formula is C25H28FN5O. The van der Waals surface area contributed by atoms with E-state index in [9.17, 15) is 4.39 Å². The SMILES string of the molecule is CCOc1ccc(-n2nc3c(-c4ccc(CCN(C)C)cc4)nnc(C)c3c2C)c(F)c1. The number of aryl methyl sites for hydroxylation is 2. The highest BCUT2D eigenvalue weighted by molar-refractivity contribution is 5.94. The molecule has 4 aromatic rings. The summed E-state index contributed by atoms with van der Waals surface area (Å²) in [5, 5.41) is 14.5. The van der Waals surface area contributed by atoms with E-state index in [0.717, 1.165) is 35.3 Å². The Labute approximate surface area is 187 Å². The fourth-order valence-electron chi connectivity index (χ4n) is 3.85. The molecule has 0 aliphatic heterocycles. The standard InChI is InChI=1S/C25H28FN5O/c1-6-32-20-11-12-22(21(26)15-20)31-17(3)23-16(2)27-28-24(25(23)29-31)19-9-7-18(8-10-19)13-14-30(4)5/h7-12,15H,6,13-14H2,1-5H3. The van der Waals surface area contributed by atoms with E-state index < -0.39 is 5.82 Å². The van der Waals surface area contributed by atoms with E-state index in [1.807, 2.05) is 20.8 Å². The first-order valence-electron chi connectivity index (χ1n) is 10.8. The maximum atomic E-state index is 14.9. The number of nitrogens with zero attached hydrogens (tertiary/aromatic N) is 5. The van der Waals surface area contributed by atoms with Gasteiger partial charge in [-0.3, -0.25) is 0 Å². The molecule has 4 rings (SSSR count). The zero-order chi connectivity index (χ0) is 22.8. The molecule has 2 heterocycles. The number of hydrogen-bond acceptors (Lipinski definition) is 5. The number of hydrogen-bond donors (Lipinski definition) is 0. The summed E-state index contributed by atoms with van der Waals surface area (Å²) in [6.07, 6.45) is 0.979. The van der Waals surface area contributed by atoms with Crippen molar-refractivity contribution in [1.82, 2.24) is 24.9 Å². The van der Waals surface area contributed by atoms with Crippen LogP contribution in [-0.2, 0) is 6.42 Å². The molecule has 6 nitrogen and oxygen atoms in total. The van der Waals surface area contributed by atoms with Gasteiger partial charge in [0.2, 0.25) is 0 Å². The molecule has 0 unspecified atom stereocenters. The molecule has 0 atom stereocenters. The second kappa shape index (κ2) is 9.04. The van der Waals surface area contributed by atoms with Crippen molar-refractivity contribution >= 4 is 10.9 Å². The zero-order valence-corrected chi connectivity index (χ0v) is 19.2. The highest BCUT2D eigenvalue weighted by Crippen LogP contribution is 2.31. The lowest BCUT2D eigenvalue weighted by Crippen LogP contribution is -2.14.